The molecule has 1 aliphatic heterocycles. The summed E-state index contributed by atoms with van der Waals surface area (Å²) in [5, 5.41) is 0. The lowest BCUT2D eigenvalue weighted by Crippen LogP contribution is -2.18. The highest BCUT2D eigenvalue weighted by Crippen LogP contribution is 2.35. The van der Waals surface area contributed by atoms with Gasteiger partial charge in [-0.15, -0.1) is 0 Å². The van der Waals surface area contributed by atoms with Crippen molar-refractivity contribution in [3.05, 3.63) is 95.5 Å². The van der Waals surface area contributed by atoms with E-state index in [9.17, 15) is 0 Å². The summed E-state index contributed by atoms with van der Waals surface area (Å²) in [5.74, 6) is 0.708. The maximum atomic E-state index is 7.79. The van der Waals surface area contributed by atoms with Crippen LogP contribution in [0.1, 0.15) is 23.8 Å². The van der Waals surface area contributed by atoms with Gasteiger partial charge in [-0.25, -0.2) is 4.58 Å². The van der Waals surface area contributed by atoms with Crippen LogP contribution in [0.2, 0.25) is 0 Å². The van der Waals surface area contributed by atoms with Gasteiger partial charge in [-0.3, -0.25) is 0 Å². The number of nitrogens with zero attached hydrogens (tertiary/aromatic N) is 1. The molecule has 1 aliphatic rings. The van der Waals surface area contributed by atoms with E-state index in [-0.39, 0.29) is 6.24 Å². The second-order valence-electron chi connectivity index (χ2n) is 5.67. The van der Waals surface area contributed by atoms with Crippen molar-refractivity contribution in [1.29, 1.82) is 0 Å². The van der Waals surface area contributed by atoms with Gasteiger partial charge in [0, 0.05) is 5.56 Å². The van der Waals surface area contributed by atoms with Gasteiger partial charge in [0.25, 0.3) is 0 Å². The summed E-state index contributed by atoms with van der Waals surface area (Å²) in [6.07, 6.45) is 3.88. The topological polar surface area (TPSA) is 16.1 Å². The first-order chi connectivity index (χ1) is 11.6. The highest BCUT2D eigenvalue weighted by Gasteiger charge is 2.27. The van der Waals surface area contributed by atoms with Crippen molar-refractivity contribution < 1.29 is 10.4 Å². The molecule has 0 N–H and O–H groups in total. The van der Waals surface area contributed by atoms with Crippen LogP contribution < -0.4 is 0 Å². The average Bonchev–Trinajstić information content (AvgIpc) is 2.97. The Morgan fingerprint density at radius 3 is 2.70 bits per heavy atom. The number of furan rings is 1. The Labute approximate surface area is 137 Å². The third-order valence-electron chi connectivity index (χ3n) is 4.19. The molecule has 112 valence electrons. The summed E-state index contributed by atoms with van der Waals surface area (Å²) in [4.78, 5) is 0. The summed E-state index contributed by atoms with van der Waals surface area (Å²) in [7, 11) is 0. The third-order valence-corrected chi connectivity index (χ3v) is 4.19. The van der Waals surface area contributed by atoms with Gasteiger partial charge in [0.2, 0.25) is 0 Å². The molecule has 0 saturated carbocycles. The van der Waals surface area contributed by atoms with Crippen LogP contribution in [-0.4, -0.2) is 11.3 Å². The molecule has 0 atom stereocenters. The van der Waals surface area contributed by atoms with Gasteiger partial charge in [0.05, 0.1) is 20.1 Å². The van der Waals surface area contributed by atoms with Crippen LogP contribution in [0, 0.1) is 13.0 Å². The Morgan fingerprint density at radius 1 is 1.04 bits per heavy atom. The number of rotatable bonds is 2. The largest absolute Gasteiger partial charge is 0.495 e. The third kappa shape index (κ3) is 2.29. The lowest BCUT2D eigenvalue weighted by Gasteiger charge is -2.23. The SMILES string of the molecule is [2H]c1cc2c(o1)C=C[N+](=C)[C-]2c1cc(-c2ccccc2)ccc1C. The van der Waals surface area contributed by atoms with Crippen molar-refractivity contribution in [1.82, 2.24) is 0 Å². The maximum Gasteiger partial charge on any atom is 0.163 e. The number of benzene rings is 2. The standard InChI is InChI=1S/C21H17NO/c1-15-8-9-17(16-6-4-3-5-7-16)14-19(15)21-18-11-13-23-20(18)10-12-22(21)2/h3-14H,2H2,1H3/i13D. The number of aryl methyl sites for hydroxylation is 1. The lowest BCUT2D eigenvalue weighted by molar-refractivity contribution is -0.418. The van der Waals surface area contributed by atoms with E-state index in [1.54, 1.807) is 6.07 Å². The zero-order valence-electron chi connectivity index (χ0n) is 13.9. The molecule has 2 heterocycles. The van der Waals surface area contributed by atoms with E-state index in [1.807, 2.05) is 35.1 Å². The van der Waals surface area contributed by atoms with Gasteiger partial charge >= 0.3 is 0 Å². The molecule has 0 saturated heterocycles. The molecular formula is C21H17NO. The summed E-state index contributed by atoms with van der Waals surface area (Å²) >= 11 is 0. The number of hydrogen-bond acceptors (Lipinski definition) is 1. The van der Waals surface area contributed by atoms with Gasteiger partial charge in [0.15, 0.2) is 6.04 Å². The van der Waals surface area contributed by atoms with Crippen LogP contribution in [0.15, 0.2) is 71.5 Å². The van der Waals surface area contributed by atoms with Gasteiger partial charge in [0.1, 0.15) is 6.20 Å². The highest BCUT2D eigenvalue weighted by molar-refractivity contribution is 5.68. The quantitative estimate of drug-likeness (QED) is 0.486. The van der Waals surface area contributed by atoms with Crippen LogP contribution >= 0.6 is 0 Å². The minimum Gasteiger partial charge on any atom is -0.495 e. The predicted molar refractivity (Wildman–Crippen MR) is 93.2 cm³/mol. The first kappa shape index (κ1) is 12.5. The molecule has 0 spiro atoms. The summed E-state index contributed by atoms with van der Waals surface area (Å²) < 4.78 is 15.1. The van der Waals surface area contributed by atoms with E-state index in [1.165, 1.54) is 5.56 Å². The second kappa shape index (κ2) is 5.33. The molecule has 0 amide bonds. The molecule has 2 heteroatoms. The normalized spacial score (nSPS) is 13.9. The molecule has 3 aromatic rings. The second-order valence-corrected chi connectivity index (χ2v) is 5.67. The van der Waals surface area contributed by atoms with Crippen LogP contribution in [0.4, 0.5) is 0 Å². The van der Waals surface area contributed by atoms with Crippen LogP contribution in [0.3, 0.4) is 0 Å². The Kier molecular flexibility index (Phi) is 2.90. The van der Waals surface area contributed by atoms with E-state index in [0.717, 1.165) is 28.3 Å². The van der Waals surface area contributed by atoms with Crippen molar-refractivity contribution in [2.45, 2.75) is 6.92 Å². The van der Waals surface area contributed by atoms with Gasteiger partial charge in [-0.05, 0) is 22.8 Å². The van der Waals surface area contributed by atoms with Crippen LogP contribution in [0.5, 0.6) is 0 Å². The minimum atomic E-state index is 0.161. The average molecular weight is 300 g/mol. The zero-order chi connectivity index (χ0) is 16.7. The molecule has 0 bridgehead atoms. The molecule has 4 rings (SSSR count). The Balaban J connectivity index is 1.87. The zero-order valence-corrected chi connectivity index (χ0v) is 12.9. The summed E-state index contributed by atoms with van der Waals surface area (Å²) in [6.45, 7) is 6.20. The monoisotopic (exact) mass is 300 g/mol. The van der Waals surface area contributed by atoms with Crippen molar-refractivity contribution in [2.24, 2.45) is 0 Å². The Bertz CT molecular complexity index is 953. The van der Waals surface area contributed by atoms with Crippen molar-refractivity contribution in [2.75, 3.05) is 0 Å². The minimum absolute atomic E-state index is 0.161. The van der Waals surface area contributed by atoms with Crippen molar-refractivity contribution in [3.8, 4) is 11.1 Å². The fraction of sp³-hybridized carbons (Fsp3) is 0.0476. The van der Waals surface area contributed by atoms with Gasteiger partial charge in [-0.2, -0.15) is 0 Å². The summed E-state index contributed by atoms with van der Waals surface area (Å²) in [6, 6.07) is 19.5. The molecule has 0 fully saturated rings. The highest BCUT2D eigenvalue weighted by atomic mass is 16.3. The Hall–Kier alpha value is -3.00. The lowest BCUT2D eigenvalue weighted by atomic mass is 9.90. The molecule has 0 radical (unpaired) electrons. The van der Waals surface area contributed by atoms with Crippen LogP contribution in [0.25, 0.3) is 17.2 Å². The molecule has 2 nitrogen and oxygen atoms in total. The van der Waals surface area contributed by atoms with E-state index >= 15 is 0 Å². The van der Waals surface area contributed by atoms with Crippen molar-refractivity contribution in [3.63, 3.8) is 0 Å². The molecular weight excluding hydrogens is 282 g/mol. The first-order valence-corrected chi connectivity index (χ1v) is 7.55. The van der Waals surface area contributed by atoms with Gasteiger partial charge < -0.3 is 4.42 Å². The molecule has 23 heavy (non-hydrogen) atoms. The number of hydrogen-bond donors (Lipinski definition) is 0. The van der Waals surface area contributed by atoms with Crippen molar-refractivity contribution >= 4 is 12.8 Å². The maximum absolute atomic E-state index is 7.79. The molecule has 2 aromatic carbocycles. The molecule has 0 aliphatic carbocycles. The van der Waals surface area contributed by atoms with E-state index in [2.05, 4.69) is 44.0 Å². The van der Waals surface area contributed by atoms with Crippen LogP contribution in [-0.2, 0) is 0 Å². The fourth-order valence-corrected chi connectivity index (χ4v) is 2.96. The smallest absolute Gasteiger partial charge is 0.163 e. The molecule has 0 unspecified atom stereocenters. The first-order valence-electron chi connectivity index (χ1n) is 8.05. The predicted octanol–water partition coefficient (Wildman–Crippen LogP) is 4.88. The van der Waals surface area contributed by atoms with E-state index < -0.39 is 0 Å². The van der Waals surface area contributed by atoms with Gasteiger partial charge in [-0.1, -0.05) is 67.1 Å². The summed E-state index contributed by atoms with van der Waals surface area (Å²) in [5.41, 5.74) is 5.49. The van der Waals surface area contributed by atoms with E-state index in [4.69, 9.17) is 5.79 Å². The molecule has 1 aromatic heterocycles. The fourth-order valence-electron chi connectivity index (χ4n) is 2.96. The number of fused-ring (bicyclic) bond motifs is 1. The Morgan fingerprint density at radius 2 is 1.87 bits per heavy atom. The van der Waals surface area contributed by atoms with E-state index in [0.29, 0.717) is 5.76 Å².